The Kier molecular flexibility index (Phi) is 8.02. The highest BCUT2D eigenvalue weighted by atomic mass is 127. The van der Waals surface area contributed by atoms with Crippen molar-refractivity contribution in [2.45, 2.75) is 51.7 Å². The minimum atomic E-state index is -0.0362. The molecule has 7 heteroatoms. The van der Waals surface area contributed by atoms with Gasteiger partial charge in [-0.05, 0) is 68.0 Å². The number of rotatable bonds is 9. The zero-order chi connectivity index (χ0) is 19.8. The number of hydrogen-bond donors (Lipinski definition) is 1. The summed E-state index contributed by atoms with van der Waals surface area (Å²) < 4.78 is 8.65. The molecule has 0 saturated carbocycles. The first-order valence-corrected chi connectivity index (χ1v) is 11.0. The number of halogens is 1. The van der Waals surface area contributed by atoms with Crippen LogP contribution in [0.25, 0.3) is 11.2 Å². The normalized spacial score (nSPS) is 17.7. The highest BCUT2D eigenvalue weighted by Crippen LogP contribution is 2.27. The summed E-state index contributed by atoms with van der Waals surface area (Å²) >= 11 is 2.22. The molecule has 0 radical (unpaired) electrons. The zero-order valence-electron chi connectivity index (χ0n) is 16.4. The van der Waals surface area contributed by atoms with E-state index in [0.717, 1.165) is 77.9 Å². The minimum absolute atomic E-state index is 0.0362. The first-order chi connectivity index (χ1) is 13.7. The predicted octanol–water partition coefficient (Wildman–Crippen LogP) is 5.40. The number of aromatic nitrogens is 4. The van der Waals surface area contributed by atoms with Crippen molar-refractivity contribution in [3.8, 4) is 0 Å². The Morgan fingerprint density at radius 1 is 1.39 bits per heavy atom. The molecule has 0 bridgehead atoms. The maximum Gasteiger partial charge on any atom is 0.182 e. The fourth-order valence-corrected chi connectivity index (χ4v) is 3.77. The fraction of sp³-hybridized carbons (Fsp3) is 0.476. The molecule has 1 atom stereocenters. The molecule has 2 aromatic rings. The number of nitrogens with one attached hydrogen (secondary N) is 1. The lowest BCUT2D eigenvalue weighted by Gasteiger charge is -2.22. The van der Waals surface area contributed by atoms with Crippen LogP contribution in [0.4, 0.5) is 5.82 Å². The van der Waals surface area contributed by atoms with Gasteiger partial charge in [-0.2, -0.15) is 5.10 Å². The van der Waals surface area contributed by atoms with Gasteiger partial charge in [-0.1, -0.05) is 36.5 Å². The average Bonchev–Trinajstić information content (AvgIpc) is 3.05. The summed E-state index contributed by atoms with van der Waals surface area (Å²) in [4.78, 5) is 9.32. The van der Waals surface area contributed by atoms with E-state index in [0.29, 0.717) is 0 Å². The van der Waals surface area contributed by atoms with Gasteiger partial charge in [0.2, 0.25) is 0 Å². The fourth-order valence-electron chi connectivity index (χ4n) is 3.16. The molecule has 0 spiro atoms. The van der Waals surface area contributed by atoms with E-state index < -0.39 is 0 Å². The van der Waals surface area contributed by atoms with Gasteiger partial charge in [0.25, 0.3) is 0 Å². The maximum absolute atomic E-state index is 5.89. The molecular weight excluding hydrogens is 465 g/mol. The Balaban J connectivity index is 1.54. The van der Waals surface area contributed by atoms with Crippen LogP contribution in [0.2, 0.25) is 0 Å². The third-order valence-electron chi connectivity index (χ3n) is 4.66. The number of fused-ring (bicyclic) bond motifs is 1. The maximum atomic E-state index is 5.89. The smallest absolute Gasteiger partial charge is 0.182 e. The van der Waals surface area contributed by atoms with Gasteiger partial charge in [0.15, 0.2) is 15.6 Å². The number of hydrogen-bond acceptors (Lipinski definition) is 5. The van der Waals surface area contributed by atoms with Gasteiger partial charge in [0.05, 0.1) is 6.20 Å². The van der Waals surface area contributed by atoms with Crippen LogP contribution in [-0.2, 0) is 4.74 Å². The van der Waals surface area contributed by atoms with E-state index >= 15 is 0 Å². The van der Waals surface area contributed by atoms with Crippen molar-refractivity contribution in [2.75, 3.05) is 18.5 Å². The highest BCUT2D eigenvalue weighted by Gasteiger charge is 2.22. The number of allylic oxidation sites excluding steroid dienone is 5. The summed E-state index contributed by atoms with van der Waals surface area (Å²) in [6.07, 6.45) is 16.3. The number of unbranched alkanes of at least 4 members (excludes halogenated alkanes) is 1. The molecule has 2 aromatic heterocycles. The lowest BCUT2D eigenvalue weighted by Crippen LogP contribution is -2.19. The van der Waals surface area contributed by atoms with Crippen LogP contribution in [0.1, 0.15) is 51.7 Å². The Morgan fingerprint density at radius 2 is 2.29 bits per heavy atom. The topological polar surface area (TPSA) is 64.9 Å². The van der Waals surface area contributed by atoms with Crippen molar-refractivity contribution in [1.82, 2.24) is 19.7 Å². The van der Waals surface area contributed by atoms with Crippen LogP contribution in [-0.4, -0.2) is 32.9 Å². The largest absolute Gasteiger partial charge is 0.369 e. The molecule has 0 aromatic carbocycles. The Labute approximate surface area is 180 Å². The number of anilines is 1. The third kappa shape index (κ3) is 5.64. The monoisotopic (exact) mass is 493 g/mol. The van der Waals surface area contributed by atoms with Crippen molar-refractivity contribution < 1.29 is 4.74 Å². The molecule has 1 aliphatic rings. The summed E-state index contributed by atoms with van der Waals surface area (Å²) in [5.74, 6) is 0.785. The first kappa shape index (κ1) is 21.0. The molecule has 6 nitrogen and oxygen atoms in total. The second kappa shape index (κ2) is 10.7. The molecule has 1 saturated heterocycles. The molecule has 1 fully saturated rings. The number of nitrogens with zero attached hydrogens (tertiary/aromatic N) is 4. The lowest BCUT2D eigenvalue weighted by atomic mass is 10.1. The van der Waals surface area contributed by atoms with E-state index in [9.17, 15) is 0 Å². The average molecular weight is 493 g/mol. The van der Waals surface area contributed by atoms with Gasteiger partial charge in [-0.3, -0.25) is 0 Å². The van der Waals surface area contributed by atoms with Crippen LogP contribution < -0.4 is 5.32 Å². The van der Waals surface area contributed by atoms with Crippen LogP contribution in [0, 0.1) is 3.70 Å². The molecular formula is C21H28IN5O. The quantitative estimate of drug-likeness (QED) is 0.288. The van der Waals surface area contributed by atoms with E-state index in [4.69, 9.17) is 9.72 Å². The Hall–Kier alpha value is -1.74. The molecule has 3 heterocycles. The summed E-state index contributed by atoms with van der Waals surface area (Å²) in [6.45, 7) is 7.74. The molecule has 1 aliphatic heterocycles. The molecule has 150 valence electrons. The van der Waals surface area contributed by atoms with E-state index in [-0.39, 0.29) is 6.23 Å². The molecule has 1 unspecified atom stereocenters. The van der Waals surface area contributed by atoms with Crippen molar-refractivity contribution in [2.24, 2.45) is 0 Å². The van der Waals surface area contributed by atoms with Crippen LogP contribution in [0.15, 0.2) is 42.7 Å². The molecule has 0 amide bonds. The van der Waals surface area contributed by atoms with Gasteiger partial charge in [-0.15, -0.1) is 0 Å². The number of ether oxygens (including phenoxy) is 1. The van der Waals surface area contributed by atoms with Crippen molar-refractivity contribution >= 4 is 39.6 Å². The van der Waals surface area contributed by atoms with Crippen molar-refractivity contribution in [1.29, 1.82) is 0 Å². The SMILES string of the molecule is C=C(/C=C\C=C/C)CCCCNc1cnc2c(I)nn(C3CCCCO3)c2n1. The summed E-state index contributed by atoms with van der Waals surface area (Å²) in [7, 11) is 0. The van der Waals surface area contributed by atoms with Crippen LogP contribution in [0.5, 0.6) is 0 Å². The summed E-state index contributed by atoms with van der Waals surface area (Å²) in [5, 5.41) is 8.00. The van der Waals surface area contributed by atoms with Crippen molar-refractivity contribution in [3.05, 3.63) is 46.4 Å². The van der Waals surface area contributed by atoms with Crippen LogP contribution in [0.3, 0.4) is 0 Å². The molecule has 0 aliphatic carbocycles. The van der Waals surface area contributed by atoms with Gasteiger partial charge in [0.1, 0.15) is 11.3 Å². The lowest BCUT2D eigenvalue weighted by molar-refractivity contribution is -0.0372. The first-order valence-electron chi connectivity index (χ1n) is 9.92. The Bertz CT molecular complexity index is 852. The van der Waals surface area contributed by atoms with E-state index in [1.54, 1.807) is 6.20 Å². The molecule has 1 N–H and O–H groups in total. The van der Waals surface area contributed by atoms with Gasteiger partial charge < -0.3 is 10.1 Å². The summed E-state index contributed by atoms with van der Waals surface area (Å²) in [6, 6.07) is 0. The molecule has 28 heavy (non-hydrogen) atoms. The summed E-state index contributed by atoms with van der Waals surface area (Å²) in [5.41, 5.74) is 2.79. The van der Waals surface area contributed by atoms with E-state index in [1.165, 1.54) is 0 Å². The second-order valence-electron chi connectivity index (χ2n) is 6.91. The standard InChI is InChI=1S/C21H28IN5O/c1-3-4-5-10-16(2)11-6-8-13-23-17-15-24-19-20(22)26-27(21(19)25-17)18-12-7-9-14-28-18/h3-5,10,15,18H,2,6-9,11-14H2,1H3,(H,23,25)/b4-3-,10-5-. The van der Waals surface area contributed by atoms with Gasteiger partial charge in [-0.25, -0.2) is 14.6 Å². The van der Waals surface area contributed by atoms with E-state index in [1.807, 2.05) is 29.8 Å². The predicted molar refractivity (Wildman–Crippen MR) is 122 cm³/mol. The molecule has 3 rings (SSSR count). The highest BCUT2D eigenvalue weighted by molar-refractivity contribution is 14.1. The van der Waals surface area contributed by atoms with Crippen molar-refractivity contribution in [3.63, 3.8) is 0 Å². The zero-order valence-corrected chi connectivity index (χ0v) is 18.6. The van der Waals surface area contributed by atoms with E-state index in [2.05, 4.69) is 50.6 Å². The Morgan fingerprint density at radius 3 is 3.07 bits per heavy atom. The minimum Gasteiger partial charge on any atom is -0.369 e. The second-order valence-corrected chi connectivity index (χ2v) is 7.93. The third-order valence-corrected chi connectivity index (χ3v) is 5.38. The van der Waals surface area contributed by atoms with Crippen LogP contribution >= 0.6 is 22.6 Å². The van der Waals surface area contributed by atoms with Gasteiger partial charge >= 0.3 is 0 Å². The van der Waals surface area contributed by atoms with Gasteiger partial charge in [0, 0.05) is 13.2 Å².